The van der Waals surface area contributed by atoms with E-state index in [-0.39, 0.29) is 0 Å². The van der Waals surface area contributed by atoms with Crippen LogP contribution in [0.5, 0.6) is 0 Å². The van der Waals surface area contributed by atoms with E-state index in [1.807, 2.05) is 12.1 Å². The van der Waals surface area contributed by atoms with Crippen molar-refractivity contribution in [2.75, 3.05) is 0 Å². The zero-order chi connectivity index (χ0) is 7.68. The Morgan fingerprint density at radius 2 is 2.18 bits per heavy atom. The molecule has 0 spiro atoms. The summed E-state index contributed by atoms with van der Waals surface area (Å²) in [6, 6.07) is 5.99. The molecule has 0 aliphatic heterocycles. The van der Waals surface area contributed by atoms with E-state index in [2.05, 4.69) is 6.07 Å². The van der Waals surface area contributed by atoms with Gasteiger partial charge in [-0.2, -0.15) is 0 Å². The van der Waals surface area contributed by atoms with Crippen molar-refractivity contribution >= 4 is 6.29 Å². The molecule has 0 bridgehead atoms. The van der Waals surface area contributed by atoms with E-state index in [1.165, 1.54) is 17.5 Å². The van der Waals surface area contributed by atoms with Crippen LogP contribution in [-0.4, -0.2) is 6.29 Å². The highest BCUT2D eigenvalue weighted by atomic mass is 16.1. The Balaban J connectivity index is 2.58. The van der Waals surface area contributed by atoms with Gasteiger partial charge < -0.3 is 0 Å². The first-order valence-corrected chi connectivity index (χ1v) is 3.98. The molecule has 1 aromatic carbocycles. The van der Waals surface area contributed by atoms with Crippen LogP contribution in [0.25, 0.3) is 0 Å². The number of rotatable bonds is 1. The Labute approximate surface area is 66.0 Å². The second-order valence-electron chi connectivity index (χ2n) is 2.96. The highest BCUT2D eigenvalue weighted by Gasteiger charge is 2.12. The summed E-state index contributed by atoms with van der Waals surface area (Å²) in [5.41, 5.74) is 3.54. The maximum atomic E-state index is 10.6. The molecule has 1 aromatic rings. The minimum atomic E-state index is 0.889. The lowest BCUT2D eigenvalue weighted by atomic mass is 10.0. The zero-order valence-electron chi connectivity index (χ0n) is 6.34. The lowest BCUT2D eigenvalue weighted by Crippen LogP contribution is -1.89. The van der Waals surface area contributed by atoms with Crippen LogP contribution < -0.4 is 0 Å². The predicted molar refractivity (Wildman–Crippen MR) is 43.9 cm³/mol. The number of carbonyl (C=O) groups excluding carboxylic acids is 1. The molecule has 0 unspecified atom stereocenters. The summed E-state index contributed by atoms with van der Waals surface area (Å²) in [6.45, 7) is 0. The Hall–Kier alpha value is -1.11. The quantitative estimate of drug-likeness (QED) is 0.554. The monoisotopic (exact) mass is 146 g/mol. The molecule has 1 aliphatic rings. The lowest BCUT2D eigenvalue weighted by molar-refractivity contribution is 0.112. The van der Waals surface area contributed by atoms with Gasteiger partial charge in [0, 0.05) is 5.56 Å². The number of aldehydes is 1. The summed E-state index contributed by atoms with van der Waals surface area (Å²) >= 11 is 0. The average molecular weight is 146 g/mol. The standard InChI is InChI=1S/C10H10O/c11-7-9-5-1-3-8-4-2-6-10(8)9/h1,3,5,7H,2,4,6H2. The molecule has 0 radical (unpaired) electrons. The molecule has 0 saturated heterocycles. The fourth-order valence-corrected chi connectivity index (χ4v) is 1.76. The van der Waals surface area contributed by atoms with Gasteiger partial charge in [-0.1, -0.05) is 18.2 Å². The molecule has 0 heterocycles. The maximum absolute atomic E-state index is 10.6. The van der Waals surface area contributed by atoms with Crippen molar-refractivity contribution < 1.29 is 4.79 Å². The summed E-state index contributed by atoms with van der Waals surface area (Å²) in [6.07, 6.45) is 4.41. The van der Waals surface area contributed by atoms with Gasteiger partial charge in [0.15, 0.2) is 0 Å². The molecule has 1 aliphatic carbocycles. The van der Waals surface area contributed by atoms with Gasteiger partial charge >= 0.3 is 0 Å². The number of fused-ring (bicyclic) bond motifs is 1. The van der Waals surface area contributed by atoms with E-state index >= 15 is 0 Å². The summed E-state index contributed by atoms with van der Waals surface area (Å²) in [5.74, 6) is 0. The first-order chi connectivity index (χ1) is 5.42. The van der Waals surface area contributed by atoms with E-state index in [0.717, 1.165) is 24.7 Å². The van der Waals surface area contributed by atoms with E-state index in [9.17, 15) is 4.79 Å². The van der Waals surface area contributed by atoms with Gasteiger partial charge in [-0.3, -0.25) is 4.79 Å². The molecule has 0 aromatic heterocycles. The molecule has 0 atom stereocenters. The van der Waals surface area contributed by atoms with Crippen molar-refractivity contribution in [1.82, 2.24) is 0 Å². The highest BCUT2D eigenvalue weighted by molar-refractivity contribution is 5.78. The zero-order valence-corrected chi connectivity index (χ0v) is 6.34. The first-order valence-electron chi connectivity index (χ1n) is 3.98. The predicted octanol–water partition coefficient (Wildman–Crippen LogP) is 1.99. The summed E-state index contributed by atoms with van der Waals surface area (Å²) in [5, 5.41) is 0. The number of carbonyl (C=O) groups is 1. The van der Waals surface area contributed by atoms with Crippen molar-refractivity contribution in [3.05, 3.63) is 34.9 Å². The number of aryl methyl sites for hydroxylation is 1. The van der Waals surface area contributed by atoms with E-state index < -0.39 is 0 Å². The Morgan fingerprint density at radius 1 is 1.27 bits per heavy atom. The summed E-state index contributed by atoms with van der Waals surface area (Å²) in [4.78, 5) is 10.6. The molecule has 11 heavy (non-hydrogen) atoms. The molecule has 0 saturated carbocycles. The lowest BCUT2D eigenvalue weighted by Gasteiger charge is -1.99. The third-order valence-electron chi connectivity index (χ3n) is 2.31. The fourth-order valence-electron chi connectivity index (χ4n) is 1.76. The smallest absolute Gasteiger partial charge is 0.150 e. The molecule has 56 valence electrons. The molecule has 0 fully saturated rings. The topological polar surface area (TPSA) is 17.1 Å². The normalized spacial score (nSPS) is 14.5. The molecule has 0 N–H and O–H groups in total. The SMILES string of the molecule is O=Cc1cccc2c1CCC2. The van der Waals surface area contributed by atoms with Crippen LogP contribution in [-0.2, 0) is 12.8 Å². The summed E-state index contributed by atoms with van der Waals surface area (Å²) in [7, 11) is 0. The Morgan fingerprint density at radius 3 is 3.00 bits per heavy atom. The largest absolute Gasteiger partial charge is 0.298 e. The summed E-state index contributed by atoms with van der Waals surface area (Å²) < 4.78 is 0. The van der Waals surface area contributed by atoms with Crippen LogP contribution in [0.1, 0.15) is 27.9 Å². The van der Waals surface area contributed by atoms with Crippen molar-refractivity contribution in [3.8, 4) is 0 Å². The van der Waals surface area contributed by atoms with E-state index in [4.69, 9.17) is 0 Å². The number of benzene rings is 1. The van der Waals surface area contributed by atoms with Gasteiger partial charge in [0.1, 0.15) is 6.29 Å². The molecule has 0 amide bonds. The Bertz CT molecular complexity index is 289. The second kappa shape index (κ2) is 2.50. The van der Waals surface area contributed by atoms with Crippen LogP contribution >= 0.6 is 0 Å². The van der Waals surface area contributed by atoms with Gasteiger partial charge in [-0.05, 0) is 30.4 Å². The van der Waals surface area contributed by atoms with Crippen molar-refractivity contribution in [1.29, 1.82) is 0 Å². The second-order valence-corrected chi connectivity index (χ2v) is 2.96. The van der Waals surface area contributed by atoms with E-state index in [0.29, 0.717) is 0 Å². The third kappa shape index (κ3) is 0.967. The van der Waals surface area contributed by atoms with Crippen molar-refractivity contribution in [3.63, 3.8) is 0 Å². The van der Waals surface area contributed by atoms with Gasteiger partial charge in [0.25, 0.3) is 0 Å². The number of hydrogen-bond acceptors (Lipinski definition) is 1. The van der Waals surface area contributed by atoms with Crippen molar-refractivity contribution in [2.24, 2.45) is 0 Å². The maximum Gasteiger partial charge on any atom is 0.150 e. The average Bonchev–Trinajstić information content (AvgIpc) is 2.50. The molecule has 2 rings (SSSR count). The molecular weight excluding hydrogens is 136 g/mol. The van der Waals surface area contributed by atoms with Crippen LogP contribution in [0.4, 0.5) is 0 Å². The van der Waals surface area contributed by atoms with Crippen LogP contribution in [0.15, 0.2) is 18.2 Å². The Kier molecular flexibility index (Phi) is 1.50. The van der Waals surface area contributed by atoms with Gasteiger partial charge in [0.05, 0.1) is 0 Å². The minimum absolute atomic E-state index is 0.889. The van der Waals surface area contributed by atoms with Gasteiger partial charge in [-0.15, -0.1) is 0 Å². The molecule has 1 nitrogen and oxygen atoms in total. The van der Waals surface area contributed by atoms with Crippen LogP contribution in [0.3, 0.4) is 0 Å². The highest BCUT2D eigenvalue weighted by Crippen LogP contribution is 2.23. The van der Waals surface area contributed by atoms with Crippen molar-refractivity contribution in [2.45, 2.75) is 19.3 Å². The van der Waals surface area contributed by atoms with Gasteiger partial charge in [-0.25, -0.2) is 0 Å². The third-order valence-corrected chi connectivity index (χ3v) is 2.31. The fraction of sp³-hybridized carbons (Fsp3) is 0.300. The van der Waals surface area contributed by atoms with Crippen LogP contribution in [0, 0.1) is 0 Å². The molecule has 1 heteroatoms. The minimum Gasteiger partial charge on any atom is -0.298 e. The first kappa shape index (κ1) is 6.59. The van der Waals surface area contributed by atoms with E-state index in [1.54, 1.807) is 0 Å². The number of hydrogen-bond donors (Lipinski definition) is 0. The molecular formula is C10H10O. The van der Waals surface area contributed by atoms with Gasteiger partial charge in [0.2, 0.25) is 0 Å². The van der Waals surface area contributed by atoms with Crippen LogP contribution in [0.2, 0.25) is 0 Å².